The van der Waals surface area contributed by atoms with Crippen LogP contribution in [0.2, 0.25) is 5.02 Å². The minimum Gasteiger partial charge on any atom is -0.341 e. The Morgan fingerprint density at radius 1 is 0.933 bits per heavy atom. The van der Waals surface area contributed by atoms with Gasteiger partial charge in [-0.25, -0.2) is 12.7 Å². The molecule has 1 unspecified atom stereocenters. The van der Waals surface area contributed by atoms with E-state index in [0.29, 0.717) is 0 Å². The molecule has 0 spiro atoms. The summed E-state index contributed by atoms with van der Waals surface area (Å²) < 4.78 is 26.0. The second-order valence-electron chi connectivity index (χ2n) is 7.16. The van der Waals surface area contributed by atoms with Gasteiger partial charge in [-0.05, 0) is 36.2 Å². The number of nitrogens with one attached hydrogen (secondary N) is 1. The van der Waals surface area contributed by atoms with Crippen molar-refractivity contribution in [2.75, 3.05) is 14.1 Å². The average Bonchev–Trinajstić information content (AvgIpc) is 2.73. The number of amides is 1. The van der Waals surface area contributed by atoms with Crippen LogP contribution in [-0.2, 0) is 10.0 Å². The van der Waals surface area contributed by atoms with Gasteiger partial charge in [0.05, 0.1) is 21.5 Å². The van der Waals surface area contributed by atoms with Gasteiger partial charge in [-0.1, -0.05) is 71.8 Å². The number of aryl methyl sites for hydroxylation is 1. The lowest BCUT2D eigenvalue weighted by Gasteiger charge is -2.21. The Morgan fingerprint density at radius 2 is 1.53 bits per heavy atom. The number of halogens is 1. The molecule has 1 N–H and O–H groups in total. The molecule has 7 heteroatoms. The van der Waals surface area contributed by atoms with Gasteiger partial charge >= 0.3 is 0 Å². The van der Waals surface area contributed by atoms with Crippen molar-refractivity contribution in [3.05, 3.63) is 100 Å². The van der Waals surface area contributed by atoms with Crippen molar-refractivity contribution in [2.45, 2.75) is 17.9 Å². The minimum atomic E-state index is -3.69. The first-order chi connectivity index (χ1) is 14.2. The van der Waals surface area contributed by atoms with Crippen LogP contribution in [0.1, 0.15) is 33.1 Å². The molecule has 0 radical (unpaired) electrons. The lowest BCUT2D eigenvalue weighted by atomic mass is 9.97. The lowest BCUT2D eigenvalue weighted by Crippen LogP contribution is -2.30. The van der Waals surface area contributed by atoms with Crippen LogP contribution in [0, 0.1) is 6.92 Å². The van der Waals surface area contributed by atoms with E-state index in [9.17, 15) is 13.2 Å². The van der Waals surface area contributed by atoms with E-state index >= 15 is 0 Å². The zero-order chi connectivity index (χ0) is 21.9. The fourth-order valence-electron chi connectivity index (χ4n) is 3.02. The quantitative estimate of drug-likeness (QED) is 0.614. The standard InChI is InChI=1S/C23H23ClN2O3S/c1-16-9-11-18(12-10-16)22(17-7-5-4-6-8-17)25-23(27)20-15-19(13-14-21(20)24)30(28,29)26(2)3/h4-15,22H,1-3H3,(H,25,27). The molecule has 3 aromatic carbocycles. The number of benzene rings is 3. The molecule has 0 aromatic heterocycles. The van der Waals surface area contributed by atoms with Crippen molar-refractivity contribution in [3.63, 3.8) is 0 Å². The van der Waals surface area contributed by atoms with Crippen molar-refractivity contribution < 1.29 is 13.2 Å². The fraction of sp³-hybridized carbons (Fsp3) is 0.174. The van der Waals surface area contributed by atoms with E-state index in [1.54, 1.807) is 0 Å². The average molecular weight is 443 g/mol. The second kappa shape index (κ2) is 9.00. The molecule has 0 aliphatic rings. The second-order valence-corrected chi connectivity index (χ2v) is 9.72. The fourth-order valence-corrected chi connectivity index (χ4v) is 4.15. The summed E-state index contributed by atoms with van der Waals surface area (Å²) >= 11 is 6.25. The third kappa shape index (κ3) is 4.73. The Balaban J connectivity index is 2.00. The molecule has 0 heterocycles. The molecule has 30 heavy (non-hydrogen) atoms. The van der Waals surface area contributed by atoms with Gasteiger partial charge in [0.25, 0.3) is 5.91 Å². The predicted octanol–water partition coefficient (Wildman–Crippen LogP) is 4.42. The summed E-state index contributed by atoms with van der Waals surface area (Å²) in [5, 5.41) is 3.18. The highest BCUT2D eigenvalue weighted by molar-refractivity contribution is 7.89. The third-order valence-electron chi connectivity index (χ3n) is 4.78. The van der Waals surface area contributed by atoms with E-state index in [4.69, 9.17) is 11.6 Å². The zero-order valence-electron chi connectivity index (χ0n) is 17.0. The van der Waals surface area contributed by atoms with Gasteiger partial charge in [0.15, 0.2) is 0 Å². The monoisotopic (exact) mass is 442 g/mol. The van der Waals surface area contributed by atoms with Crippen LogP contribution < -0.4 is 5.32 Å². The molecule has 0 bridgehead atoms. The SMILES string of the molecule is Cc1ccc(C(NC(=O)c2cc(S(=O)(=O)N(C)C)ccc2Cl)c2ccccc2)cc1. The summed E-state index contributed by atoms with van der Waals surface area (Å²) in [4.78, 5) is 13.1. The van der Waals surface area contributed by atoms with Crippen LogP contribution >= 0.6 is 11.6 Å². The minimum absolute atomic E-state index is 0.00801. The van der Waals surface area contributed by atoms with Gasteiger partial charge in [-0.3, -0.25) is 4.79 Å². The molecule has 0 saturated carbocycles. The highest BCUT2D eigenvalue weighted by Gasteiger charge is 2.23. The van der Waals surface area contributed by atoms with Gasteiger partial charge in [-0.15, -0.1) is 0 Å². The van der Waals surface area contributed by atoms with E-state index in [1.807, 2.05) is 61.5 Å². The van der Waals surface area contributed by atoms with Crippen molar-refractivity contribution in [1.29, 1.82) is 0 Å². The number of sulfonamides is 1. The van der Waals surface area contributed by atoms with Crippen molar-refractivity contribution in [3.8, 4) is 0 Å². The molecule has 0 saturated heterocycles. The highest BCUT2D eigenvalue weighted by Crippen LogP contribution is 2.26. The first-order valence-electron chi connectivity index (χ1n) is 9.34. The number of nitrogens with zero attached hydrogens (tertiary/aromatic N) is 1. The lowest BCUT2D eigenvalue weighted by molar-refractivity contribution is 0.0943. The Hall–Kier alpha value is -2.67. The summed E-state index contributed by atoms with van der Waals surface area (Å²) in [6.45, 7) is 2.00. The summed E-state index contributed by atoms with van der Waals surface area (Å²) in [7, 11) is -0.819. The maximum atomic E-state index is 13.1. The van der Waals surface area contributed by atoms with Gasteiger partial charge in [0, 0.05) is 14.1 Å². The molecular weight excluding hydrogens is 420 g/mol. The first kappa shape index (κ1) is 22.0. The molecule has 0 aliphatic carbocycles. The maximum Gasteiger partial charge on any atom is 0.253 e. The number of carbonyl (C=O) groups excluding carboxylic acids is 1. The van der Waals surface area contributed by atoms with Crippen LogP contribution in [0.25, 0.3) is 0 Å². The number of hydrogen-bond donors (Lipinski definition) is 1. The number of rotatable bonds is 6. The van der Waals surface area contributed by atoms with Crippen molar-refractivity contribution in [1.82, 2.24) is 9.62 Å². The highest BCUT2D eigenvalue weighted by atomic mass is 35.5. The van der Waals surface area contributed by atoms with Crippen molar-refractivity contribution >= 4 is 27.5 Å². The van der Waals surface area contributed by atoms with E-state index in [1.165, 1.54) is 32.3 Å². The Kier molecular flexibility index (Phi) is 6.61. The van der Waals surface area contributed by atoms with E-state index in [2.05, 4.69) is 5.32 Å². The molecule has 156 valence electrons. The van der Waals surface area contributed by atoms with Crippen LogP contribution in [-0.4, -0.2) is 32.7 Å². The van der Waals surface area contributed by atoms with Crippen LogP contribution in [0.15, 0.2) is 77.7 Å². The molecule has 1 atom stereocenters. The third-order valence-corrected chi connectivity index (χ3v) is 6.92. The summed E-state index contributed by atoms with van der Waals surface area (Å²) in [5.41, 5.74) is 3.03. The predicted molar refractivity (Wildman–Crippen MR) is 119 cm³/mol. The van der Waals surface area contributed by atoms with E-state index in [0.717, 1.165) is 21.0 Å². The van der Waals surface area contributed by atoms with Crippen molar-refractivity contribution in [2.24, 2.45) is 0 Å². The van der Waals surface area contributed by atoms with E-state index in [-0.39, 0.29) is 15.5 Å². The largest absolute Gasteiger partial charge is 0.341 e. The summed E-state index contributed by atoms with van der Waals surface area (Å²) in [6, 6.07) is 21.2. The Labute approximate surface area is 182 Å². The summed E-state index contributed by atoms with van der Waals surface area (Å²) in [5.74, 6) is -0.453. The van der Waals surface area contributed by atoms with Gasteiger partial charge in [0.2, 0.25) is 10.0 Å². The zero-order valence-corrected chi connectivity index (χ0v) is 18.5. The van der Waals surface area contributed by atoms with Crippen LogP contribution in [0.4, 0.5) is 0 Å². The topological polar surface area (TPSA) is 66.5 Å². The Bertz CT molecular complexity index is 1140. The molecule has 1 amide bonds. The smallest absolute Gasteiger partial charge is 0.253 e. The first-order valence-corrected chi connectivity index (χ1v) is 11.2. The Morgan fingerprint density at radius 3 is 2.13 bits per heavy atom. The molecule has 5 nitrogen and oxygen atoms in total. The van der Waals surface area contributed by atoms with Gasteiger partial charge in [0.1, 0.15) is 0 Å². The molecule has 0 aliphatic heterocycles. The molecule has 3 aromatic rings. The van der Waals surface area contributed by atoms with Crippen LogP contribution in [0.3, 0.4) is 0 Å². The molecule has 3 rings (SSSR count). The number of hydrogen-bond acceptors (Lipinski definition) is 3. The molecular formula is C23H23ClN2O3S. The normalized spacial score (nSPS) is 12.6. The van der Waals surface area contributed by atoms with Gasteiger partial charge < -0.3 is 5.32 Å². The van der Waals surface area contributed by atoms with Gasteiger partial charge in [-0.2, -0.15) is 0 Å². The van der Waals surface area contributed by atoms with Crippen LogP contribution in [0.5, 0.6) is 0 Å². The maximum absolute atomic E-state index is 13.1. The summed E-state index contributed by atoms with van der Waals surface area (Å²) in [6.07, 6.45) is 0. The van der Waals surface area contributed by atoms with E-state index < -0.39 is 22.0 Å². The molecule has 0 fully saturated rings. The number of carbonyl (C=O) groups is 1.